The maximum atomic E-state index is 11.7. The van der Waals surface area contributed by atoms with Gasteiger partial charge in [0.25, 0.3) is 0 Å². The molecule has 0 fully saturated rings. The van der Waals surface area contributed by atoms with Gasteiger partial charge in [-0.05, 0) is 17.7 Å². The van der Waals surface area contributed by atoms with Gasteiger partial charge in [-0.3, -0.25) is 0 Å². The lowest BCUT2D eigenvalue weighted by Gasteiger charge is -2.04. The molecule has 0 unspecified atom stereocenters. The van der Waals surface area contributed by atoms with Crippen LogP contribution in [0, 0.1) is 0 Å². The number of methoxy groups -OCH3 is 1. The highest BCUT2D eigenvalue weighted by Gasteiger charge is 2.26. The van der Waals surface area contributed by atoms with Crippen molar-refractivity contribution in [1.82, 2.24) is 5.43 Å². The number of rotatable bonds is 4. The van der Waals surface area contributed by atoms with Crippen LogP contribution in [0.25, 0.3) is 0 Å². The molecule has 0 aliphatic carbocycles. The van der Waals surface area contributed by atoms with E-state index >= 15 is 0 Å². The second kappa shape index (κ2) is 5.39. The lowest BCUT2D eigenvalue weighted by atomic mass is 10.2. The Balaban J connectivity index is 2.49. The zero-order chi connectivity index (χ0) is 12.0. The number of halogens is 3. The molecule has 0 saturated heterocycles. The van der Waals surface area contributed by atoms with E-state index in [9.17, 15) is 13.2 Å². The molecular formula is C10H11F3N2O. The third-order valence-corrected chi connectivity index (χ3v) is 1.68. The lowest BCUT2D eigenvalue weighted by molar-refractivity contribution is -0.124. The van der Waals surface area contributed by atoms with Crippen LogP contribution in [0.1, 0.15) is 5.56 Å². The number of nitrogens with zero attached hydrogens (tertiary/aromatic N) is 1. The normalized spacial score (nSPS) is 11.8. The molecule has 1 aromatic rings. The molecule has 0 spiro atoms. The van der Waals surface area contributed by atoms with E-state index in [1.54, 1.807) is 24.3 Å². The minimum atomic E-state index is -4.26. The molecule has 1 aromatic carbocycles. The van der Waals surface area contributed by atoms with Gasteiger partial charge in [-0.15, -0.1) is 0 Å². The average molecular weight is 232 g/mol. The molecule has 3 nitrogen and oxygen atoms in total. The fourth-order valence-corrected chi connectivity index (χ4v) is 0.977. The van der Waals surface area contributed by atoms with Gasteiger partial charge in [-0.25, -0.2) is 0 Å². The van der Waals surface area contributed by atoms with Gasteiger partial charge in [0.1, 0.15) is 12.3 Å². The minimum Gasteiger partial charge on any atom is -0.497 e. The van der Waals surface area contributed by atoms with Crippen molar-refractivity contribution < 1.29 is 17.9 Å². The molecule has 16 heavy (non-hydrogen) atoms. The summed E-state index contributed by atoms with van der Waals surface area (Å²) >= 11 is 0. The summed E-state index contributed by atoms with van der Waals surface area (Å²) in [6.45, 7) is -1.15. The average Bonchev–Trinajstić information content (AvgIpc) is 2.23. The highest BCUT2D eigenvalue weighted by molar-refractivity contribution is 5.79. The van der Waals surface area contributed by atoms with Crippen LogP contribution in [0.15, 0.2) is 29.4 Å². The van der Waals surface area contributed by atoms with Crippen molar-refractivity contribution >= 4 is 6.21 Å². The van der Waals surface area contributed by atoms with E-state index in [0.29, 0.717) is 11.3 Å². The van der Waals surface area contributed by atoms with E-state index in [-0.39, 0.29) is 0 Å². The van der Waals surface area contributed by atoms with Gasteiger partial charge < -0.3 is 10.2 Å². The van der Waals surface area contributed by atoms with Gasteiger partial charge in [-0.2, -0.15) is 18.3 Å². The number of nitrogens with one attached hydrogen (secondary N) is 1. The summed E-state index contributed by atoms with van der Waals surface area (Å²) in [7, 11) is 1.51. The fourth-order valence-electron chi connectivity index (χ4n) is 0.977. The molecule has 0 aromatic heterocycles. The smallest absolute Gasteiger partial charge is 0.407 e. The van der Waals surface area contributed by atoms with Crippen molar-refractivity contribution in [3.05, 3.63) is 29.8 Å². The number of hydrazone groups is 1. The lowest BCUT2D eigenvalue weighted by Crippen LogP contribution is -2.24. The minimum absolute atomic E-state index is 0.625. The van der Waals surface area contributed by atoms with Gasteiger partial charge in [-0.1, -0.05) is 12.1 Å². The van der Waals surface area contributed by atoms with Gasteiger partial charge in [0.05, 0.1) is 13.3 Å². The Morgan fingerprint density at radius 1 is 1.44 bits per heavy atom. The Bertz CT molecular complexity index is 363. The van der Waals surface area contributed by atoms with Crippen LogP contribution in [-0.4, -0.2) is 26.0 Å². The van der Waals surface area contributed by atoms with Crippen LogP contribution < -0.4 is 10.2 Å². The quantitative estimate of drug-likeness (QED) is 0.637. The van der Waals surface area contributed by atoms with Gasteiger partial charge in [0.2, 0.25) is 0 Å². The third kappa shape index (κ3) is 4.68. The number of hydrogen-bond donors (Lipinski definition) is 1. The summed E-state index contributed by atoms with van der Waals surface area (Å²) in [6.07, 6.45) is -2.96. The standard InChI is InChI=1S/C10H11F3N2O/c1-16-9-4-2-3-8(5-9)6-14-15-7-10(11,12)13/h2-6,15H,7H2,1H3/b14-6+. The van der Waals surface area contributed by atoms with Crippen LogP contribution in [0.2, 0.25) is 0 Å². The summed E-state index contributed by atoms with van der Waals surface area (Å²) in [5.74, 6) is 0.625. The number of ether oxygens (including phenoxy) is 1. The number of hydrogen-bond acceptors (Lipinski definition) is 3. The molecule has 0 bridgehead atoms. The first-order chi connectivity index (χ1) is 7.51. The first kappa shape index (κ1) is 12.4. The van der Waals surface area contributed by atoms with Crippen LogP contribution in [0.4, 0.5) is 13.2 Å². The van der Waals surface area contributed by atoms with E-state index in [4.69, 9.17) is 4.74 Å². The predicted octanol–water partition coefficient (Wildman–Crippen LogP) is 2.18. The first-order valence-electron chi connectivity index (χ1n) is 4.48. The Morgan fingerprint density at radius 2 is 2.19 bits per heavy atom. The summed E-state index contributed by atoms with van der Waals surface area (Å²) in [4.78, 5) is 0. The maximum Gasteiger partial charge on any atom is 0.407 e. The fraction of sp³-hybridized carbons (Fsp3) is 0.300. The second-order valence-electron chi connectivity index (χ2n) is 2.98. The molecule has 0 saturated carbocycles. The van der Waals surface area contributed by atoms with Crippen molar-refractivity contribution in [3.8, 4) is 5.75 Å². The summed E-state index contributed by atoms with van der Waals surface area (Å²) in [5.41, 5.74) is 2.58. The Hall–Kier alpha value is -1.72. The molecule has 0 amide bonds. The molecule has 1 rings (SSSR count). The van der Waals surface area contributed by atoms with E-state index in [1.807, 2.05) is 5.43 Å². The highest BCUT2D eigenvalue weighted by atomic mass is 19.4. The van der Waals surface area contributed by atoms with Crippen LogP contribution in [0.5, 0.6) is 5.75 Å². The highest BCUT2D eigenvalue weighted by Crippen LogP contribution is 2.12. The number of benzene rings is 1. The molecule has 88 valence electrons. The van der Waals surface area contributed by atoms with Crippen LogP contribution in [0.3, 0.4) is 0 Å². The van der Waals surface area contributed by atoms with Crippen molar-refractivity contribution in [1.29, 1.82) is 0 Å². The Kier molecular flexibility index (Phi) is 4.16. The maximum absolute atomic E-state index is 11.7. The third-order valence-electron chi connectivity index (χ3n) is 1.68. The van der Waals surface area contributed by atoms with Crippen LogP contribution in [-0.2, 0) is 0 Å². The Morgan fingerprint density at radius 3 is 2.81 bits per heavy atom. The molecule has 1 N–H and O–H groups in total. The molecule has 0 heterocycles. The molecule has 0 aliphatic heterocycles. The van der Waals surface area contributed by atoms with E-state index in [1.165, 1.54) is 13.3 Å². The van der Waals surface area contributed by atoms with E-state index in [0.717, 1.165) is 0 Å². The monoisotopic (exact) mass is 232 g/mol. The molecule has 0 atom stereocenters. The van der Waals surface area contributed by atoms with Crippen molar-refractivity contribution in [2.45, 2.75) is 6.18 Å². The summed E-state index contributed by atoms with van der Waals surface area (Å²) in [5, 5.41) is 3.45. The number of alkyl halides is 3. The van der Waals surface area contributed by atoms with E-state index < -0.39 is 12.7 Å². The molecule has 6 heteroatoms. The SMILES string of the molecule is COc1cccc(/C=N/NCC(F)(F)F)c1. The largest absolute Gasteiger partial charge is 0.497 e. The van der Waals surface area contributed by atoms with E-state index in [2.05, 4.69) is 5.10 Å². The summed E-state index contributed by atoms with van der Waals surface area (Å²) in [6, 6.07) is 6.84. The van der Waals surface area contributed by atoms with Gasteiger partial charge in [0, 0.05) is 0 Å². The molecular weight excluding hydrogens is 221 g/mol. The molecule has 0 radical (unpaired) electrons. The van der Waals surface area contributed by atoms with Crippen LogP contribution >= 0.6 is 0 Å². The summed E-state index contributed by atoms with van der Waals surface area (Å²) < 4.78 is 40.2. The predicted molar refractivity (Wildman–Crippen MR) is 54.6 cm³/mol. The topological polar surface area (TPSA) is 33.6 Å². The Labute approximate surface area is 90.9 Å². The second-order valence-corrected chi connectivity index (χ2v) is 2.98. The van der Waals surface area contributed by atoms with Gasteiger partial charge >= 0.3 is 6.18 Å². The van der Waals surface area contributed by atoms with Gasteiger partial charge in [0.15, 0.2) is 0 Å². The van der Waals surface area contributed by atoms with Crippen molar-refractivity contribution in [3.63, 3.8) is 0 Å². The van der Waals surface area contributed by atoms with Crippen molar-refractivity contribution in [2.75, 3.05) is 13.7 Å². The van der Waals surface area contributed by atoms with Crippen molar-refractivity contribution in [2.24, 2.45) is 5.10 Å². The zero-order valence-corrected chi connectivity index (χ0v) is 8.58. The molecule has 0 aliphatic rings. The first-order valence-corrected chi connectivity index (χ1v) is 4.48. The zero-order valence-electron chi connectivity index (χ0n) is 8.58.